The molecule has 2 aliphatic carbocycles. The lowest BCUT2D eigenvalue weighted by atomic mass is 9.85. The number of imide groups is 1. The molecule has 1 aromatic carbocycles. The normalized spacial score (nSPS) is 26.8. The van der Waals surface area contributed by atoms with E-state index in [9.17, 15) is 19.2 Å². The third-order valence-corrected chi connectivity index (χ3v) is 7.20. The monoisotopic (exact) mass is 480 g/mol. The van der Waals surface area contributed by atoms with E-state index in [0.29, 0.717) is 20.7 Å². The molecule has 9 heteroatoms. The maximum atomic E-state index is 12.6. The van der Waals surface area contributed by atoms with E-state index >= 15 is 0 Å². The van der Waals surface area contributed by atoms with Gasteiger partial charge in [0, 0.05) is 10.2 Å². The highest BCUT2D eigenvalue weighted by Crippen LogP contribution is 2.52. The molecule has 1 saturated carbocycles. The van der Waals surface area contributed by atoms with Gasteiger partial charge in [-0.15, -0.1) is 0 Å². The van der Waals surface area contributed by atoms with E-state index in [0.717, 1.165) is 11.3 Å². The summed E-state index contributed by atoms with van der Waals surface area (Å²) in [6.07, 6.45) is 4.80. The second kappa shape index (κ2) is 7.57. The molecule has 1 aromatic rings. The number of hydrogen-bond donors (Lipinski definition) is 1. The minimum atomic E-state index is -0.798. The van der Waals surface area contributed by atoms with Crippen molar-refractivity contribution in [1.82, 2.24) is 4.90 Å². The van der Waals surface area contributed by atoms with Crippen molar-refractivity contribution >= 4 is 56.9 Å². The predicted octanol–water partition coefficient (Wildman–Crippen LogP) is 2.70. The number of allylic oxidation sites excluding steroid dienone is 2. The molecule has 2 bridgehead atoms. The number of anilines is 1. The molecule has 152 valence electrons. The van der Waals surface area contributed by atoms with Crippen LogP contribution in [0.4, 0.5) is 5.69 Å². The summed E-state index contributed by atoms with van der Waals surface area (Å²) < 4.78 is 5.67. The van der Waals surface area contributed by atoms with E-state index in [1.165, 1.54) is 0 Å². The molecule has 1 N–H and O–H groups in total. The minimum Gasteiger partial charge on any atom is -0.454 e. The lowest BCUT2D eigenvalue weighted by Crippen LogP contribution is -2.38. The van der Waals surface area contributed by atoms with Crippen molar-refractivity contribution in [3.8, 4) is 0 Å². The zero-order chi connectivity index (χ0) is 20.9. The van der Waals surface area contributed by atoms with E-state index in [1.54, 1.807) is 19.1 Å². The number of carbonyl (C=O) groups excluding carboxylic acids is 4. The van der Waals surface area contributed by atoms with Crippen molar-refractivity contribution < 1.29 is 23.9 Å². The number of carbonyl (C=O) groups is 4. The topological polar surface area (TPSA) is 92.8 Å². The SMILES string of the molecule is Cc1c(NC(=O)COC(=O)CN2C(=O)[C@@H]3[C@H](C2=O)[C@H]2C=C[C@H]3C2)ccc(Br)c1Cl. The van der Waals surface area contributed by atoms with Crippen LogP contribution in [-0.2, 0) is 23.9 Å². The van der Waals surface area contributed by atoms with Crippen molar-refractivity contribution in [1.29, 1.82) is 0 Å². The first kappa shape index (κ1) is 20.1. The Morgan fingerprint density at radius 2 is 1.83 bits per heavy atom. The molecule has 1 heterocycles. The molecule has 0 spiro atoms. The first-order chi connectivity index (χ1) is 13.8. The third-order valence-electron chi connectivity index (χ3n) is 5.83. The van der Waals surface area contributed by atoms with Crippen LogP contribution in [0.5, 0.6) is 0 Å². The molecule has 29 heavy (non-hydrogen) atoms. The van der Waals surface area contributed by atoms with Gasteiger partial charge in [-0.2, -0.15) is 0 Å². The fraction of sp³-hybridized carbons (Fsp3) is 0.400. The second-order valence-corrected chi connectivity index (χ2v) is 8.74. The summed E-state index contributed by atoms with van der Waals surface area (Å²) >= 11 is 9.42. The highest BCUT2D eigenvalue weighted by Gasteiger charge is 2.59. The van der Waals surface area contributed by atoms with Gasteiger partial charge in [0.25, 0.3) is 5.91 Å². The van der Waals surface area contributed by atoms with Gasteiger partial charge in [0.05, 0.1) is 16.9 Å². The lowest BCUT2D eigenvalue weighted by molar-refractivity contribution is -0.154. The molecule has 4 rings (SSSR count). The average molecular weight is 482 g/mol. The second-order valence-electron chi connectivity index (χ2n) is 7.51. The molecule has 7 nitrogen and oxygen atoms in total. The molecule has 1 saturated heterocycles. The summed E-state index contributed by atoms with van der Waals surface area (Å²) in [5.74, 6) is -2.55. The molecule has 3 aliphatic rings. The number of nitrogens with one attached hydrogen (secondary N) is 1. The van der Waals surface area contributed by atoms with Gasteiger partial charge in [-0.3, -0.25) is 24.1 Å². The number of likely N-dealkylation sites (tertiary alicyclic amines) is 1. The summed E-state index contributed by atoms with van der Waals surface area (Å²) in [5, 5.41) is 3.09. The molecule has 0 unspecified atom stereocenters. The summed E-state index contributed by atoms with van der Waals surface area (Å²) in [5.41, 5.74) is 1.17. The van der Waals surface area contributed by atoms with Gasteiger partial charge in [0.2, 0.25) is 11.8 Å². The maximum Gasteiger partial charge on any atom is 0.326 e. The number of esters is 1. The standard InChI is InChI=1S/C20H18BrClN2O5/c1-9-13(5-4-12(21)18(9)22)23-14(25)8-29-15(26)7-24-19(27)16-10-2-3-11(6-10)17(16)20(24)28/h2-5,10-11,16-17H,6-8H2,1H3,(H,23,25)/t10-,11-,16-,17+/m0/s1. The highest BCUT2D eigenvalue weighted by molar-refractivity contribution is 9.10. The summed E-state index contributed by atoms with van der Waals surface area (Å²) in [6, 6.07) is 3.37. The summed E-state index contributed by atoms with van der Waals surface area (Å²) in [7, 11) is 0. The van der Waals surface area contributed by atoms with Crippen LogP contribution in [-0.4, -0.2) is 41.7 Å². The zero-order valence-electron chi connectivity index (χ0n) is 15.5. The summed E-state index contributed by atoms with van der Waals surface area (Å²) in [6.45, 7) is 0.751. The smallest absolute Gasteiger partial charge is 0.326 e. The number of nitrogens with zero attached hydrogens (tertiary/aromatic N) is 1. The molecule has 0 radical (unpaired) electrons. The Bertz CT molecular complexity index is 932. The van der Waals surface area contributed by atoms with Gasteiger partial charge >= 0.3 is 5.97 Å². The average Bonchev–Trinajstić information content (AvgIpc) is 3.37. The van der Waals surface area contributed by atoms with Crippen molar-refractivity contribution in [2.45, 2.75) is 13.3 Å². The predicted molar refractivity (Wildman–Crippen MR) is 108 cm³/mol. The Hall–Kier alpha value is -2.19. The van der Waals surface area contributed by atoms with Gasteiger partial charge in [-0.25, -0.2) is 0 Å². The quantitative estimate of drug-likeness (QED) is 0.397. The lowest BCUT2D eigenvalue weighted by Gasteiger charge is -2.16. The fourth-order valence-corrected chi connectivity index (χ4v) is 5.01. The van der Waals surface area contributed by atoms with E-state index < -0.39 is 25.0 Å². The molecule has 1 aliphatic heterocycles. The molecule has 0 aromatic heterocycles. The molecule has 4 atom stereocenters. The van der Waals surface area contributed by atoms with Gasteiger partial charge in [0.1, 0.15) is 6.54 Å². The van der Waals surface area contributed by atoms with Gasteiger partial charge in [0.15, 0.2) is 6.61 Å². The van der Waals surface area contributed by atoms with Crippen LogP contribution in [0.25, 0.3) is 0 Å². The van der Waals surface area contributed by atoms with Gasteiger partial charge in [-0.05, 0) is 58.8 Å². The number of rotatable bonds is 5. The van der Waals surface area contributed by atoms with Crippen LogP contribution in [0.15, 0.2) is 28.8 Å². The van der Waals surface area contributed by atoms with E-state index in [2.05, 4.69) is 21.2 Å². The third kappa shape index (κ3) is 3.48. The Labute approximate surface area is 180 Å². The Morgan fingerprint density at radius 3 is 2.45 bits per heavy atom. The first-order valence-corrected chi connectivity index (χ1v) is 10.4. The van der Waals surface area contributed by atoms with Crippen molar-refractivity contribution in [2.75, 3.05) is 18.5 Å². The number of halogens is 2. The maximum absolute atomic E-state index is 12.6. The van der Waals surface area contributed by atoms with Crippen LogP contribution in [0.3, 0.4) is 0 Å². The van der Waals surface area contributed by atoms with Crippen molar-refractivity contribution in [2.24, 2.45) is 23.7 Å². The highest BCUT2D eigenvalue weighted by atomic mass is 79.9. The van der Waals surface area contributed by atoms with Crippen molar-refractivity contribution in [3.05, 3.63) is 39.3 Å². The number of ether oxygens (including phenoxy) is 1. The number of benzene rings is 1. The van der Waals surface area contributed by atoms with Gasteiger partial charge in [-0.1, -0.05) is 23.8 Å². The fourth-order valence-electron chi connectivity index (χ4n) is 4.41. The molecular formula is C20H18BrClN2O5. The Kier molecular flexibility index (Phi) is 5.25. The number of fused-ring (bicyclic) bond motifs is 5. The van der Waals surface area contributed by atoms with Crippen LogP contribution in [0, 0.1) is 30.6 Å². The van der Waals surface area contributed by atoms with Crippen LogP contribution in [0.1, 0.15) is 12.0 Å². The van der Waals surface area contributed by atoms with Crippen LogP contribution < -0.4 is 5.32 Å². The van der Waals surface area contributed by atoms with Crippen LogP contribution in [0.2, 0.25) is 5.02 Å². The van der Waals surface area contributed by atoms with E-state index in [4.69, 9.17) is 16.3 Å². The summed E-state index contributed by atoms with van der Waals surface area (Å²) in [4.78, 5) is 50.3. The van der Waals surface area contributed by atoms with E-state index in [1.807, 2.05) is 12.2 Å². The molecule has 3 amide bonds. The van der Waals surface area contributed by atoms with E-state index in [-0.39, 0.29) is 35.5 Å². The Morgan fingerprint density at radius 1 is 1.21 bits per heavy atom. The largest absolute Gasteiger partial charge is 0.454 e. The number of amides is 3. The number of hydrogen-bond acceptors (Lipinski definition) is 5. The zero-order valence-corrected chi connectivity index (χ0v) is 17.8. The molecule has 2 fully saturated rings. The first-order valence-electron chi connectivity index (χ1n) is 9.21. The van der Waals surface area contributed by atoms with Crippen molar-refractivity contribution in [3.63, 3.8) is 0 Å². The molecular weight excluding hydrogens is 464 g/mol. The minimum absolute atomic E-state index is 0.0780. The van der Waals surface area contributed by atoms with Crippen LogP contribution >= 0.6 is 27.5 Å². The van der Waals surface area contributed by atoms with Gasteiger partial charge < -0.3 is 10.1 Å². The Balaban J connectivity index is 1.31.